The highest BCUT2D eigenvalue weighted by atomic mass is 16.1. The fourth-order valence-electron chi connectivity index (χ4n) is 4.02. The van der Waals surface area contributed by atoms with Gasteiger partial charge in [-0.2, -0.15) is 0 Å². The van der Waals surface area contributed by atoms with Crippen molar-refractivity contribution in [1.29, 1.82) is 0 Å². The third kappa shape index (κ3) is 4.29. The Labute approximate surface area is 181 Å². The molecule has 0 radical (unpaired) electrons. The average Bonchev–Trinajstić information content (AvgIpc) is 2.81. The second kappa shape index (κ2) is 8.62. The fraction of sp³-hybridized carbons (Fsp3) is 0.200. The van der Waals surface area contributed by atoms with Crippen molar-refractivity contribution in [2.24, 2.45) is 0 Å². The lowest BCUT2D eigenvalue weighted by Gasteiger charge is -2.26. The van der Waals surface area contributed by atoms with Crippen LogP contribution in [0.3, 0.4) is 0 Å². The van der Waals surface area contributed by atoms with Crippen LogP contribution >= 0.6 is 0 Å². The maximum absolute atomic E-state index is 11.6. The first-order chi connectivity index (χ1) is 15.3. The molecule has 0 atom stereocenters. The molecular weight excluding hydrogens is 386 g/mol. The van der Waals surface area contributed by atoms with E-state index in [1.54, 1.807) is 12.5 Å². The number of benzene rings is 2. The molecule has 6 nitrogen and oxygen atoms in total. The molecule has 0 bridgehead atoms. The summed E-state index contributed by atoms with van der Waals surface area (Å²) in [7, 11) is 0. The molecular formula is C25H23N5O. The number of anilines is 2. The van der Waals surface area contributed by atoms with Gasteiger partial charge in [0.05, 0.1) is 5.69 Å². The van der Waals surface area contributed by atoms with Crippen molar-refractivity contribution in [2.75, 3.05) is 18.4 Å². The first-order valence-electron chi connectivity index (χ1n) is 10.5. The summed E-state index contributed by atoms with van der Waals surface area (Å²) in [4.78, 5) is 27.3. The van der Waals surface area contributed by atoms with Gasteiger partial charge in [0.25, 0.3) is 0 Å². The fourth-order valence-corrected chi connectivity index (χ4v) is 4.02. The van der Waals surface area contributed by atoms with E-state index in [2.05, 4.69) is 43.4 Å². The Balaban J connectivity index is 1.42. The minimum absolute atomic E-state index is 0.359. The Kier molecular flexibility index (Phi) is 5.37. The molecule has 5 rings (SSSR count). The summed E-state index contributed by atoms with van der Waals surface area (Å²) < 4.78 is 0. The number of hydrogen-bond donors (Lipinski definition) is 1. The quantitative estimate of drug-likeness (QED) is 0.519. The van der Waals surface area contributed by atoms with Crippen molar-refractivity contribution in [3.8, 4) is 11.3 Å². The Hall–Kier alpha value is -3.64. The van der Waals surface area contributed by atoms with Crippen LogP contribution < -0.4 is 5.32 Å². The van der Waals surface area contributed by atoms with Crippen LogP contribution in [0.2, 0.25) is 0 Å². The SMILES string of the molecule is O=C1CCN(Cc2ccccc2-c2cc(Nc3nccc4ccccc34)ncn2)CC1. The predicted molar refractivity (Wildman–Crippen MR) is 122 cm³/mol. The van der Waals surface area contributed by atoms with Crippen molar-refractivity contribution >= 4 is 28.2 Å². The van der Waals surface area contributed by atoms with E-state index in [0.717, 1.165) is 47.5 Å². The highest BCUT2D eigenvalue weighted by Crippen LogP contribution is 2.27. The second-order valence-electron chi connectivity index (χ2n) is 7.77. The van der Waals surface area contributed by atoms with Gasteiger partial charge in [-0.1, -0.05) is 48.5 Å². The van der Waals surface area contributed by atoms with Crippen LogP contribution in [0, 0.1) is 0 Å². The summed E-state index contributed by atoms with van der Waals surface area (Å²) >= 11 is 0. The zero-order valence-corrected chi connectivity index (χ0v) is 17.2. The first kappa shape index (κ1) is 19.3. The van der Waals surface area contributed by atoms with Gasteiger partial charge in [0.15, 0.2) is 0 Å². The molecule has 0 amide bonds. The van der Waals surface area contributed by atoms with Gasteiger partial charge in [-0.3, -0.25) is 9.69 Å². The van der Waals surface area contributed by atoms with Gasteiger partial charge < -0.3 is 5.32 Å². The number of hydrogen-bond acceptors (Lipinski definition) is 6. The number of fused-ring (bicyclic) bond motifs is 1. The molecule has 1 aliphatic rings. The predicted octanol–water partition coefficient (Wildman–Crippen LogP) is 4.60. The van der Waals surface area contributed by atoms with Crippen molar-refractivity contribution in [3.63, 3.8) is 0 Å². The number of nitrogens with zero attached hydrogens (tertiary/aromatic N) is 4. The summed E-state index contributed by atoms with van der Waals surface area (Å²) in [6, 6.07) is 20.4. The zero-order valence-electron chi connectivity index (χ0n) is 17.2. The number of Topliss-reactive ketones (excluding diaryl/α,β-unsaturated/α-hetero) is 1. The summed E-state index contributed by atoms with van der Waals surface area (Å²) in [5.74, 6) is 1.83. The van der Waals surface area contributed by atoms with Gasteiger partial charge in [0.1, 0.15) is 23.7 Å². The number of aromatic nitrogens is 3. The largest absolute Gasteiger partial charge is 0.324 e. The molecule has 0 saturated carbocycles. The zero-order chi connectivity index (χ0) is 21.0. The van der Waals surface area contributed by atoms with Gasteiger partial charge in [0, 0.05) is 55.7 Å². The van der Waals surface area contributed by atoms with Gasteiger partial charge in [0.2, 0.25) is 0 Å². The lowest BCUT2D eigenvalue weighted by Crippen LogP contribution is -2.33. The Morgan fingerprint density at radius 3 is 2.61 bits per heavy atom. The third-order valence-corrected chi connectivity index (χ3v) is 5.69. The smallest absolute Gasteiger partial charge is 0.139 e. The third-order valence-electron chi connectivity index (χ3n) is 5.69. The number of nitrogens with one attached hydrogen (secondary N) is 1. The van der Waals surface area contributed by atoms with Gasteiger partial charge >= 0.3 is 0 Å². The molecule has 1 saturated heterocycles. The average molecular weight is 409 g/mol. The van der Waals surface area contributed by atoms with Crippen LogP contribution in [-0.4, -0.2) is 38.7 Å². The van der Waals surface area contributed by atoms with Crippen LogP contribution in [-0.2, 0) is 11.3 Å². The topological polar surface area (TPSA) is 71.0 Å². The van der Waals surface area contributed by atoms with Crippen LogP contribution in [0.15, 0.2) is 73.2 Å². The van der Waals surface area contributed by atoms with E-state index >= 15 is 0 Å². The molecule has 0 aliphatic carbocycles. The van der Waals surface area contributed by atoms with E-state index in [1.165, 1.54) is 5.56 Å². The van der Waals surface area contributed by atoms with E-state index in [4.69, 9.17) is 0 Å². The number of piperidine rings is 1. The van der Waals surface area contributed by atoms with Crippen molar-refractivity contribution in [1.82, 2.24) is 19.9 Å². The van der Waals surface area contributed by atoms with Gasteiger partial charge in [-0.25, -0.2) is 15.0 Å². The lowest BCUT2D eigenvalue weighted by atomic mass is 10.0. The summed E-state index contributed by atoms with van der Waals surface area (Å²) in [5.41, 5.74) is 3.14. The summed E-state index contributed by atoms with van der Waals surface area (Å²) in [6.07, 6.45) is 4.66. The molecule has 0 unspecified atom stereocenters. The van der Waals surface area contributed by atoms with Crippen molar-refractivity contribution < 1.29 is 4.79 Å². The molecule has 2 aromatic heterocycles. The van der Waals surface area contributed by atoms with Crippen LogP contribution in [0.25, 0.3) is 22.0 Å². The van der Waals surface area contributed by atoms with Crippen molar-refractivity contribution in [3.05, 3.63) is 78.8 Å². The Morgan fingerprint density at radius 1 is 0.903 bits per heavy atom. The molecule has 0 spiro atoms. The number of ketones is 1. The number of carbonyl (C=O) groups excluding carboxylic acids is 1. The maximum Gasteiger partial charge on any atom is 0.139 e. The Morgan fingerprint density at radius 2 is 1.71 bits per heavy atom. The van der Waals surface area contributed by atoms with E-state index in [0.29, 0.717) is 24.4 Å². The lowest BCUT2D eigenvalue weighted by molar-refractivity contribution is -0.121. The van der Waals surface area contributed by atoms with Gasteiger partial charge in [-0.15, -0.1) is 0 Å². The minimum Gasteiger partial charge on any atom is -0.324 e. The van der Waals surface area contributed by atoms with E-state index in [1.807, 2.05) is 42.5 Å². The molecule has 31 heavy (non-hydrogen) atoms. The highest BCUT2D eigenvalue weighted by molar-refractivity contribution is 5.93. The summed E-state index contributed by atoms with van der Waals surface area (Å²) in [6.45, 7) is 2.44. The highest BCUT2D eigenvalue weighted by Gasteiger charge is 2.18. The summed E-state index contributed by atoms with van der Waals surface area (Å²) in [5, 5.41) is 5.52. The molecule has 3 heterocycles. The van der Waals surface area contributed by atoms with E-state index in [9.17, 15) is 4.79 Å². The monoisotopic (exact) mass is 409 g/mol. The second-order valence-corrected chi connectivity index (χ2v) is 7.77. The molecule has 1 N–H and O–H groups in total. The van der Waals surface area contributed by atoms with Crippen LogP contribution in [0.4, 0.5) is 11.6 Å². The maximum atomic E-state index is 11.6. The molecule has 4 aromatic rings. The molecule has 154 valence electrons. The number of carbonyl (C=O) groups is 1. The molecule has 1 aliphatic heterocycles. The van der Waals surface area contributed by atoms with Crippen LogP contribution in [0.5, 0.6) is 0 Å². The standard InChI is InChI=1S/C25H23N5O/c31-20-10-13-30(14-11-20)16-19-6-2-3-7-21(19)23-15-24(28-17-27-23)29-25-22-8-4-1-5-18(22)9-12-26-25/h1-9,12,15,17H,10-11,13-14,16H2,(H,26,27,28,29). The number of pyridine rings is 1. The first-order valence-corrected chi connectivity index (χ1v) is 10.5. The molecule has 2 aromatic carbocycles. The normalized spacial score (nSPS) is 14.6. The van der Waals surface area contributed by atoms with Crippen LogP contribution in [0.1, 0.15) is 18.4 Å². The van der Waals surface area contributed by atoms with E-state index in [-0.39, 0.29) is 0 Å². The number of rotatable bonds is 5. The molecule has 1 fully saturated rings. The van der Waals surface area contributed by atoms with Crippen molar-refractivity contribution in [2.45, 2.75) is 19.4 Å². The molecule has 6 heteroatoms. The minimum atomic E-state index is 0.359. The van der Waals surface area contributed by atoms with Gasteiger partial charge in [-0.05, 0) is 17.0 Å². The van der Waals surface area contributed by atoms with E-state index < -0.39 is 0 Å². The Bertz CT molecular complexity index is 1220. The number of likely N-dealkylation sites (tertiary alicyclic amines) is 1.